The van der Waals surface area contributed by atoms with Crippen LogP contribution in [-0.4, -0.2) is 44.1 Å². The molecule has 0 spiro atoms. The maximum absolute atomic E-state index is 12.3. The molecule has 1 amide bonds. The van der Waals surface area contributed by atoms with E-state index in [9.17, 15) is 14.1 Å². The van der Waals surface area contributed by atoms with Crippen molar-refractivity contribution in [2.24, 2.45) is 5.73 Å². The highest BCUT2D eigenvalue weighted by atomic mass is 32.2. The van der Waals surface area contributed by atoms with Gasteiger partial charge in [-0.1, -0.05) is 0 Å². The molecule has 2 aromatic rings. The Morgan fingerprint density at radius 1 is 1.46 bits per heavy atom. The van der Waals surface area contributed by atoms with Gasteiger partial charge in [0.25, 0.3) is 5.91 Å². The van der Waals surface area contributed by atoms with Gasteiger partial charge in [0.15, 0.2) is 4.34 Å². The molecule has 24 heavy (non-hydrogen) atoms. The van der Waals surface area contributed by atoms with Gasteiger partial charge in [0, 0.05) is 17.5 Å². The minimum atomic E-state index is -1.37. The lowest BCUT2D eigenvalue weighted by Gasteiger charge is -2.22. The molecule has 0 fully saturated rings. The average Bonchev–Trinajstić information content (AvgIpc) is 3.13. The average molecular weight is 388 g/mol. The summed E-state index contributed by atoms with van der Waals surface area (Å²) in [6.45, 7) is 6.39. The molecule has 2 rings (SSSR count). The number of thiophene rings is 1. The lowest BCUT2D eigenvalue weighted by atomic mass is 10.1. The van der Waals surface area contributed by atoms with Crippen LogP contribution in [-0.2, 0) is 10.8 Å². The van der Waals surface area contributed by atoms with Crippen LogP contribution in [0.4, 0.5) is 0 Å². The molecule has 0 bridgehead atoms. The van der Waals surface area contributed by atoms with Gasteiger partial charge < -0.3 is 16.2 Å². The van der Waals surface area contributed by atoms with Crippen molar-refractivity contribution in [3.05, 3.63) is 22.4 Å². The zero-order chi connectivity index (χ0) is 17.9. The highest BCUT2D eigenvalue weighted by Crippen LogP contribution is 2.30. The van der Waals surface area contributed by atoms with Crippen molar-refractivity contribution >= 4 is 39.4 Å². The first-order valence-corrected chi connectivity index (χ1v) is 10.3. The number of nitrogens with two attached hydrogens (primary N) is 1. The molecule has 2 atom stereocenters. The summed E-state index contributed by atoms with van der Waals surface area (Å²) in [7, 11) is -1.37. The summed E-state index contributed by atoms with van der Waals surface area (Å²) in [6, 6.07) is 3.43. The summed E-state index contributed by atoms with van der Waals surface area (Å²) in [4.78, 5) is 16.8. The molecule has 0 aliphatic rings. The standard InChI is InChI=1S/C15H21N3O3S3/c1-15(2,3)17-6-9(19)8-24(21)14-18-10(7-22-14)11-4-5-12(23-11)13(16)20/h4-5,7,9,17,19H,6,8H2,1-3H3,(H2,16,20). The van der Waals surface area contributed by atoms with Crippen molar-refractivity contribution in [2.75, 3.05) is 12.3 Å². The van der Waals surface area contributed by atoms with Crippen molar-refractivity contribution in [3.63, 3.8) is 0 Å². The maximum atomic E-state index is 12.3. The summed E-state index contributed by atoms with van der Waals surface area (Å²) < 4.78 is 12.8. The van der Waals surface area contributed by atoms with E-state index in [2.05, 4.69) is 10.3 Å². The van der Waals surface area contributed by atoms with Crippen LogP contribution in [0.2, 0.25) is 0 Å². The van der Waals surface area contributed by atoms with Gasteiger partial charge in [-0.15, -0.1) is 22.7 Å². The van der Waals surface area contributed by atoms with Crippen molar-refractivity contribution in [2.45, 2.75) is 36.8 Å². The number of nitrogens with one attached hydrogen (secondary N) is 1. The van der Waals surface area contributed by atoms with Crippen LogP contribution in [0.25, 0.3) is 10.6 Å². The van der Waals surface area contributed by atoms with E-state index in [0.29, 0.717) is 21.5 Å². The summed E-state index contributed by atoms with van der Waals surface area (Å²) in [5.74, 6) is -0.340. The smallest absolute Gasteiger partial charge is 0.258 e. The molecule has 6 nitrogen and oxygen atoms in total. The highest BCUT2D eigenvalue weighted by molar-refractivity contribution is 7.87. The van der Waals surface area contributed by atoms with E-state index in [-0.39, 0.29) is 11.3 Å². The fraction of sp³-hybridized carbons (Fsp3) is 0.467. The minimum Gasteiger partial charge on any atom is -0.391 e. The number of amides is 1. The third-order valence-corrected chi connectivity index (χ3v) is 6.76. The van der Waals surface area contributed by atoms with Crippen molar-refractivity contribution in [1.29, 1.82) is 0 Å². The van der Waals surface area contributed by atoms with Gasteiger partial charge in [-0.3, -0.25) is 9.00 Å². The predicted octanol–water partition coefficient (Wildman–Crippen LogP) is 1.83. The Balaban J connectivity index is 1.99. The predicted molar refractivity (Wildman–Crippen MR) is 99.0 cm³/mol. The molecule has 0 aromatic carbocycles. The van der Waals surface area contributed by atoms with E-state index in [1.165, 1.54) is 22.7 Å². The number of aromatic nitrogens is 1. The number of β-amino-alcohol motifs (C(OH)–C–C–N with tert-alkyl or cyclic N) is 1. The van der Waals surface area contributed by atoms with Crippen LogP contribution >= 0.6 is 22.7 Å². The monoisotopic (exact) mass is 387 g/mol. The second kappa shape index (κ2) is 7.83. The Labute approximate surface area is 151 Å². The van der Waals surface area contributed by atoms with Crippen LogP contribution in [0, 0.1) is 0 Å². The number of nitrogens with zero attached hydrogens (tertiary/aromatic N) is 1. The van der Waals surface area contributed by atoms with Crippen LogP contribution in [0.1, 0.15) is 30.4 Å². The molecule has 2 heterocycles. The number of aliphatic hydroxyl groups excluding tert-OH is 1. The van der Waals surface area contributed by atoms with Gasteiger partial charge in [-0.25, -0.2) is 4.98 Å². The molecule has 9 heteroatoms. The van der Waals surface area contributed by atoms with Crippen molar-refractivity contribution < 1.29 is 14.1 Å². The largest absolute Gasteiger partial charge is 0.391 e. The summed E-state index contributed by atoms with van der Waals surface area (Å²) in [6.07, 6.45) is -0.708. The molecule has 132 valence electrons. The first-order chi connectivity index (χ1) is 11.2. The van der Waals surface area contributed by atoms with Crippen LogP contribution in [0.5, 0.6) is 0 Å². The fourth-order valence-electron chi connectivity index (χ4n) is 1.81. The topological polar surface area (TPSA) is 105 Å². The first kappa shape index (κ1) is 19.2. The molecule has 0 saturated carbocycles. The molecule has 0 saturated heterocycles. The molecule has 4 N–H and O–H groups in total. The van der Waals surface area contributed by atoms with E-state index >= 15 is 0 Å². The maximum Gasteiger partial charge on any atom is 0.258 e. The molecular formula is C15H21N3O3S3. The Hall–Kier alpha value is -1.13. The summed E-state index contributed by atoms with van der Waals surface area (Å²) >= 11 is 2.54. The molecular weight excluding hydrogens is 366 g/mol. The van der Waals surface area contributed by atoms with Gasteiger partial charge in [0.2, 0.25) is 0 Å². The Kier molecular flexibility index (Phi) is 6.27. The third-order valence-electron chi connectivity index (χ3n) is 2.99. The zero-order valence-corrected chi connectivity index (χ0v) is 16.2. The second-order valence-electron chi connectivity index (χ2n) is 6.32. The number of carbonyl (C=O) groups excluding carboxylic acids is 1. The number of aliphatic hydroxyl groups is 1. The van der Waals surface area contributed by atoms with E-state index in [1.807, 2.05) is 20.8 Å². The molecule has 0 radical (unpaired) electrons. The highest BCUT2D eigenvalue weighted by Gasteiger charge is 2.18. The van der Waals surface area contributed by atoms with Crippen LogP contribution < -0.4 is 11.1 Å². The van der Waals surface area contributed by atoms with E-state index in [0.717, 1.165) is 4.88 Å². The number of thiazole rings is 1. The van der Waals surface area contributed by atoms with E-state index < -0.39 is 22.8 Å². The number of carbonyl (C=O) groups is 1. The fourth-order valence-corrected chi connectivity index (χ4v) is 4.84. The lowest BCUT2D eigenvalue weighted by Crippen LogP contribution is -2.42. The lowest BCUT2D eigenvalue weighted by molar-refractivity contribution is 0.100. The molecule has 0 aliphatic carbocycles. The van der Waals surface area contributed by atoms with Gasteiger partial charge in [0.05, 0.1) is 38.1 Å². The van der Waals surface area contributed by atoms with Gasteiger partial charge in [-0.05, 0) is 32.9 Å². The number of rotatable bonds is 7. The van der Waals surface area contributed by atoms with Crippen LogP contribution in [0.15, 0.2) is 21.9 Å². The Bertz CT molecular complexity index is 734. The van der Waals surface area contributed by atoms with Crippen molar-refractivity contribution in [1.82, 2.24) is 10.3 Å². The normalized spacial score (nSPS) is 14.5. The first-order valence-electron chi connectivity index (χ1n) is 7.33. The molecule has 2 aromatic heterocycles. The minimum absolute atomic E-state index is 0.103. The van der Waals surface area contributed by atoms with Gasteiger partial charge in [-0.2, -0.15) is 0 Å². The summed E-state index contributed by atoms with van der Waals surface area (Å²) in [5, 5.41) is 15.0. The third kappa shape index (κ3) is 5.45. The zero-order valence-electron chi connectivity index (χ0n) is 13.7. The number of hydrogen-bond donors (Lipinski definition) is 3. The number of primary amides is 1. The van der Waals surface area contributed by atoms with E-state index in [1.54, 1.807) is 17.5 Å². The molecule has 2 unspecified atom stereocenters. The quantitative estimate of drug-likeness (QED) is 0.672. The summed E-state index contributed by atoms with van der Waals surface area (Å²) in [5.41, 5.74) is 5.81. The van der Waals surface area contributed by atoms with Gasteiger partial charge >= 0.3 is 0 Å². The SMILES string of the molecule is CC(C)(C)NCC(O)CS(=O)c1nc(-c2ccc(C(N)=O)s2)cs1. The Morgan fingerprint density at radius 3 is 2.75 bits per heavy atom. The Morgan fingerprint density at radius 2 is 2.17 bits per heavy atom. The van der Waals surface area contributed by atoms with E-state index in [4.69, 9.17) is 5.73 Å². The van der Waals surface area contributed by atoms with Crippen LogP contribution in [0.3, 0.4) is 0 Å². The van der Waals surface area contributed by atoms with Crippen molar-refractivity contribution in [3.8, 4) is 10.6 Å². The molecule has 0 aliphatic heterocycles. The second-order valence-corrected chi connectivity index (χ2v) is 9.94. The number of hydrogen-bond acceptors (Lipinski definition) is 7. The van der Waals surface area contributed by atoms with Gasteiger partial charge in [0.1, 0.15) is 0 Å².